The zero-order valence-electron chi connectivity index (χ0n) is 15.9. The molecule has 2 rings (SSSR count). The molecule has 2 aromatic rings. The summed E-state index contributed by atoms with van der Waals surface area (Å²) in [5.74, 6) is -0.462. The van der Waals surface area contributed by atoms with Crippen LogP contribution in [0.15, 0.2) is 48.5 Å². The van der Waals surface area contributed by atoms with Crippen molar-refractivity contribution in [2.24, 2.45) is 0 Å². The van der Waals surface area contributed by atoms with E-state index < -0.39 is 18.2 Å². The minimum atomic E-state index is -1.07. The third kappa shape index (κ3) is 6.26. The van der Waals surface area contributed by atoms with Crippen LogP contribution in [0.25, 0.3) is 0 Å². The van der Waals surface area contributed by atoms with Crippen molar-refractivity contribution < 1.29 is 38.6 Å². The predicted molar refractivity (Wildman–Crippen MR) is 97.7 cm³/mol. The Bertz CT molecular complexity index is 726. The highest BCUT2D eigenvalue weighted by Crippen LogP contribution is 2.16. The molecule has 0 saturated carbocycles. The summed E-state index contributed by atoms with van der Waals surface area (Å²) >= 11 is 0. The van der Waals surface area contributed by atoms with Gasteiger partial charge in [0.05, 0.1) is 25.3 Å². The lowest BCUT2D eigenvalue weighted by Crippen LogP contribution is -2.22. The van der Waals surface area contributed by atoms with Crippen LogP contribution in [0, 0.1) is 0 Å². The molecular formula is C20H22O8. The first kappa shape index (κ1) is 21.2. The van der Waals surface area contributed by atoms with E-state index in [2.05, 4.69) is 0 Å². The molecule has 0 unspecified atom stereocenters. The summed E-state index contributed by atoms with van der Waals surface area (Å²) in [6, 6.07) is 12.8. The van der Waals surface area contributed by atoms with Gasteiger partial charge in [-0.05, 0) is 36.4 Å². The van der Waals surface area contributed by atoms with Crippen molar-refractivity contribution in [3.8, 4) is 11.5 Å². The molecule has 8 nitrogen and oxygen atoms in total. The molecule has 0 aliphatic heterocycles. The van der Waals surface area contributed by atoms with Gasteiger partial charge >= 0.3 is 11.9 Å². The summed E-state index contributed by atoms with van der Waals surface area (Å²) in [6.07, 6.45) is -0.108. The lowest BCUT2D eigenvalue weighted by Gasteiger charge is -2.14. The molecule has 8 heteroatoms. The van der Waals surface area contributed by atoms with Crippen LogP contribution < -0.4 is 9.47 Å². The third-order valence-corrected chi connectivity index (χ3v) is 3.60. The summed E-state index contributed by atoms with van der Waals surface area (Å²) < 4.78 is 10.1. The second-order valence-corrected chi connectivity index (χ2v) is 5.62. The van der Waals surface area contributed by atoms with Crippen LogP contribution in [0.4, 0.5) is 0 Å². The van der Waals surface area contributed by atoms with Gasteiger partial charge in [0.15, 0.2) is 0 Å². The van der Waals surface area contributed by atoms with Crippen molar-refractivity contribution >= 4 is 11.9 Å². The summed E-state index contributed by atoms with van der Waals surface area (Å²) in [4.78, 5) is 43.7. The highest BCUT2D eigenvalue weighted by Gasteiger charge is 2.19. The Balaban J connectivity index is 1.89. The number of ether oxygens (including phenoxy) is 2. The van der Waals surface area contributed by atoms with Gasteiger partial charge in [0, 0.05) is 6.42 Å². The Morgan fingerprint density at radius 1 is 0.821 bits per heavy atom. The van der Waals surface area contributed by atoms with Crippen LogP contribution in [-0.4, -0.2) is 32.4 Å². The average Bonchev–Trinajstić information content (AvgIpc) is 2.75. The summed E-state index contributed by atoms with van der Waals surface area (Å²) in [6.45, 7) is 1.87. The van der Waals surface area contributed by atoms with Gasteiger partial charge in [-0.3, -0.25) is 9.78 Å². The van der Waals surface area contributed by atoms with Gasteiger partial charge < -0.3 is 9.47 Å². The zero-order chi connectivity index (χ0) is 20.4. The summed E-state index contributed by atoms with van der Waals surface area (Å²) in [5, 5.41) is 0. The van der Waals surface area contributed by atoms with Crippen LogP contribution in [0.2, 0.25) is 0 Å². The van der Waals surface area contributed by atoms with E-state index in [1.54, 1.807) is 36.4 Å². The fourth-order valence-electron chi connectivity index (χ4n) is 2.14. The maximum atomic E-state index is 12.1. The predicted octanol–water partition coefficient (Wildman–Crippen LogP) is 3.71. The van der Waals surface area contributed by atoms with Crippen molar-refractivity contribution in [2.45, 2.75) is 26.1 Å². The molecule has 0 radical (unpaired) electrons. The molecule has 0 heterocycles. The molecule has 0 aromatic heterocycles. The van der Waals surface area contributed by atoms with Gasteiger partial charge in [0.1, 0.15) is 11.5 Å². The minimum Gasteiger partial charge on any atom is -0.497 e. The SMILES string of the molecule is CCCC(OOC(=O)c1cccc(OC)c1)OOC(=O)c1cccc(OC)c1. The van der Waals surface area contributed by atoms with Crippen molar-refractivity contribution in [3.63, 3.8) is 0 Å². The summed E-state index contributed by atoms with van der Waals surface area (Å²) in [7, 11) is 2.98. The fraction of sp³-hybridized carbons (Fsp3) is 0.300. The standard InChI is InChI=1S/C20H22O8/c1-4-7-18(25-27-19(21)14-8-5-10-16(12-14)23-2)26-28-20(22)15-9-6-11-17(13-15)24-3/h5-6,8-13,18H,4,7H2,1-3H3. The van der Waals surface area contributed by atoms with Crippen molar-refractivity contribution in [1.82, 2.24) is 0 Å². The Hall–Kier alpha value is -3.10. The maximum absolute atomic E-state index is 12.1. The second-order valence-electron chi connectivity index (χ2n) is 5.62. The van der Waals surface area contributed by atoms with Gasteiger partial charge in [-0.2, -0.15) is 0 Å². The molecule has 0 atom stereocenters. The number of hydrogen-bond acceptors (Lipinski definition) is 8. The van der Waals surface area contributed by atoms with Gasteiger partial charge in [-0.1, -0.05) is 25.5 Å². The van der Waals surface area contributed by atoms with E-state index >= 15 is 0 Å². The average molecular weight is 390 g/mol. The molecule has 0 N–H and O–H groups in total. The van der Waals surface area contributed by atoms with Crippen molar-refractivity contribution in [1.29, 1.82) is 0 Å². The number of methoxy groups -OCH3 is 2. The second kappa shape index (κ2) is 10.9. The molecule has 0 fully saturated rings. The number of benzene rings is 2. The van der Waals surface area contributed by atoms with Gasteiger partial charge in [0.25, 0.3) is 0 Å². The Kier molecular flexibility index (Phi) is 8.26. The van der Waals surface area contributed by atoms with E-state index in [-0.39, 0.29) is 11.1 Å². The molecule has 0 aliphatic rings. The van der Waals surface area contributed by atoms with Crippen LogP contribution in [0.1, 0.15) is 40.5 Å². The monoisotopic (exact) mass is 390 g/mol. The van der Waals surface area contributed by atoms with E-state index in [0.717, 1.165) is 0 Å². The van der Waals surface area contributed by atoms with E-state index in [1.165, 1.54) is 26.4 Å². The van der Waals surface area contributed by atoms with E-state index in [1.807, 2.05) is 6.92 Å². The lowest BCUT2D eigenvalue weighted by atomic mass is 10.2. The van der Waals surface area contributed by atoms with E-state index in [0.29, 0.717) is 24.3 Å². The van der Waals surface area contributed by atoms with Crippen LogP contribution >= 0.6 is 0 Å². The van der Waals surface area contributed by atoms with Crippen molar-refractivity contribution in [3.05, 3.63) is 59.7 Å². The number of carbonyl (C=O) groups is 2. The quantitative estimate of drug-likeness (QED) is 0.345. The molecular weight excluding hydrogens is 368 g/mol. The van der Waals surface area contributed by atoms with Crippen molar-refractivity contribution in [2.75, 3.05) is 14.2 Å². The van der Waals surface area contributed by atoms with Crippen LogP contribution in [-0.2, 0) is 19.6 Å². The topological polar surface area (TPSA) is 89.5 Å². The van der Waals surface area contributed by atoms with Crippen LogP contribution in [0.5, 0.6) is 11.5 Å². The normalized spacial score (nSPS) is 10.4. The maximum Gasteiger partial charge on any atom is 0.373 e. The zero-order valence-corrected chi connectivity index (χ0v) is 15.9. The first-order chi connectivity index (χ1) is 13.6. The summed E-state index contributed by atoms with van der Waals surface area (Å²) in [5.41, 5.74) is 0.478. The number of rotatable bonds is 10. The highest BCUT2D eigenvalue weighted by atomic mass is 17.3. The van der Waals surface area contributed by atoms with Gasteiger partial charge in [0.2, 0.25) is 6.29 Å². The number of carbonyl (C=O) groups excluding carboxylic acids is 2. The molecule has 0 bridgehead atoms. The largest absolute Gasteiger partial charge is 0.497 e. The van der Waals surface area contributed by atoms with Crippen LogP contribution in [0.3, 0.4) is 0 Å². The third-order valence-electron chi connectivity index (χ3n) is 3.60. The number of hydrogen-bond donors (Lipinski definition) is 0. The Morgan fingerprint density at radius 3 is 1.68 bits per heavy atom. The highest BCUT2D eigenvalue weighted by molar-refractivity contribution is 5.89. The Labute approximate surface area is 162 Å². The molecule has 2 aromatic carbocycles. The van der Waals surface area contributed by atoms with E-state index in [9.17, 15) is 9.59 Å². The molecule has 0 spiro atoms. The molecule has 28 heavy (non-hydrogen) atoms. The molecule has 0 saturated heterocycles. The smallest absolute Gasteiger partial charge is 0.373 e. The molecule has 0 amide bonds. The Morgan fingerprint density at radius 2 is 1.29 bits per heavy atom. The first-order valence-corrected chi connectivity index (χ1v) is 8.60. The molecule has 0 aliphatic carbocycles. The minimum absolute atomic E-state index is 0.239. The fourth-order valence-corrected chi connectivity index (χ4v) is 2.14. The lowest BCUT2D eigenvalue weighted by molar-refractivity contribution is -0.421. The van der Waals surface area contributed by atoms with Gasteiger partial charge in [-0.25, -0.2) is 9.59 Å². The first-order valence-electron chi connectivity index (χ1n) is 8.60. The van der Waals surface area contributed by atoms with E-state index in [4.69, 9.17) is 29.0 Å². The molecule has 150 valence electrons. The van der Waals surface area contributed by atoms with Gasteiger partial charge in [-0.15, -0.1) is 9.78 Å².